The van der Waals surface area contributed by atoms with Crippen LogP contribution in [0, 0.1) is 5.82 Å². The van der Waals surface area contributed by atoms with Crippen molar-refractivity contribution in [3.63, 3.8) is 0 Å². The van der Waals surface area contributed by atoms with Crippen molar-refractivity contribution in [1.29, 1.82) is 0 Å². The van der Waals surface area contributed by atoms with E-state index in [-0.39, 0.29) is 31.1 Å². The van der Waals surface area contributed by atoms with E-state index in [2.05, 4.69) is 21.0 Å². The highest BCUT2D eigenvalue weighted by atomic mass is 19.1. The van der Waals surface area contributed by atoms with Crippen LogP contribution >= 0.6 is 0 Å². The topological polar surface area (TPSA) is 99.8 Å². The average Bonchev–Trinajstić information content (AvgIpc) is 3.49. The molecule has 2 aromatic carbocycles. The van der Waals surface area contributed by atoms with Gasteiger partial charge in [0, 0.05) is 6.42 Å². The number of hydroxylamine groups is 1. The van der Waals surface area contributed by atoms with E-state index >= 15 is 0 Å². The molecule has 2 heterocycles. The maximum absolute atomic E-state index is 14.8. The summed E-state index contributed by atoms with van der Waals surface area (Å²) in [5.41, 5.74) is 4.35. The monoisotopic (exact) mass is 484 g/mol. The van der Waals surface area contributed by atoms with E-state index in [9.17, 15) is 23.2 Å². The number of halogens is 2. The van der Waals surface area contributed by atoms with E-state index in [4.69, 9.17) is 0 Å². The van der Waals surface area contributed by atoms with Gasteiger partial charge in [0.2, 0.25) is 11.8 Å². The zero-order valence-electron chi connectivity index (χ0n) is 18.9. The molecule has 2 aromatic rings. The Morgan fingerprint density at radius 2 is 1.91 bits per heavy atom. The van der Waals surface area contributed by atoms with Crippen LogP contribution in [0.25, 0.3) is 0 Å². The quantitative estimate of drug-likeness (QED) is 0.561. The largest absolute Gasteiger partial charge is 0.427 e. The molecule has 2 saturated heterocycles. The molecule has 8 nitrogen and oxygen atoms in total. The third-order valence-electron chi connectivity index (χ3n) is 6.63. The molecule has 5 rings (SSSR count). The van der Waals surface area contributed by atoms with Crippen molar-refractivity contribution >= 4 is 17.9 Å². The fraction of sp³-hybridized carbons (Fsp3) is 0.400. The van der Waals surface area contributed by atoms with E-state index in [1.54, 1.807) is 12.1 Å². The molecule has 0 radical (unpaired) electrons. The highest BCUT2D eigenvalue weighted by Crippen LogP contribution is 2.42. The van der Waals surface area contributed by atoms with Crippen molar-refractivity contribution in [1.82, 2.24) is 21.0 Å². The third-order valence-corrected chi connectivity index (χ3v) is 6.63. The number of nitrogens with one attached hydrogen (secondary N) is 3. The lowest BCUT2D eigenvalue weighted by Gasteiger charge is -2.27. The molecular formula is C25H26F2N4O4. The Balaban J connectivity index is 1.35. The van der Waals surface area contributed by atoms with Crippen molar-refractivity contribution in [3.05, 3.63) is 71.0 Å². The number of hydrogen-bond acceptors (Lipinski definition) is 5. The van der Waals surface area contributed by atoms with Gasteiger partial charge in [-0.2, -0.15) is 0 Å². The number of rotatable bonds is 7. The van der Waals surface area contributed by atoms with Crippen LogP contribution in [0.4, 0.5) is 13.6 Å². The Hall–Kier alpha value is -3.53. The van der Waals surface area contributed by atoms with Gasteiger partial charge in [0.05, 0.1) is 19.0 Å². The molecule has 3 amide bonds. The zero-order valence-corrected chi connectivity index (χ0v) is 18.9. The first-order valence-electron chi connectivity index (χ1n) is 11.7. The zero-order chi connectivity index (χ0) is 24.5. The van der Waals surface area contributed by atoms with Crippen molar-refractivity contribution in [2.75, 3.05) is 6.54 Å². The Labute approximate surface area is 201 Å². The number of hydrogen-bond donors (Lipinski definition) is 3. The summed E-state index contributed by atoms with van der Waals surface area (Å²) in [7, 11) is 0. The molecule has 3 N–H and O–H groups in total. The van der Waals surface area contributed by atoms with Gasteiger partial charge >= 0.3 is 6.09 Å². The Kier molecular flexibility index (Phi) is 6.38. The van der Waals surface area contributed by atoms with Gasteiger partial charge in [0.1, 0.15) is 24.2 Å². The molecule has 184 valence electrons. The van der Waals surface area contributed by atoms with Crippen LogP contribution in [0.15, 0.2) is 48.5 Å². The predicted molar refractivity (Wildman–Crippen MR) is 121 cm³/mol. The number of alkyl halides is 1. The van der Waals surface area contributed by atoms with E-state index < -0.39 is 42.3 Å². The molecule has 10 heteroatoms. The van der Waals surface area contributed by atoms with E-state index in [0.717, 1.165) is 18.4 Å². The van der Waals surface area contributed by atoms with Gasteiger partial charge in [-0.25, -0.2) is 13.6 Å². The molecule has 35 heavy (non-hydrogen) atoms. The second kappa shape index (κ2) is 9.61. The van der Waals surface area contributed by atoms with Crippen LogP contribution in [0.2, 0.25) is 0 Å². The molecule has 4 atom stereocenters. The van der Waals surface area contributed by atoms with Crippen molar-refractivity contribution < 1.29 is 28.0 Å². The third kappa shape index (κ3) is 5.12. The molecule has 0 aromatic heterocycles. The lowest BCUT2D eigenvalue weighted by Crippen LogP contribution is -2.49. The van der Waals surface area contributed by atoms with Crippen LogP contribution < -0.4 is 16.1 Å². The van der Waals surface area contributed by atoms with Gasteiger partial charge in [-0.1, -0.05) is 42.5 Å². The van der Waals surface area contributed by atoms with Gasteiger partial charge in [0.25, 0.3) is 0 Å². The molecule has 0 spiro atoms. The maximum Gasteiger partial charge on any atom is 0.427 e. The number of carbonyl (C=O) groups is 3. The minimum atomic E-state index is -1.36. The number of nitrogens with zero attached hydrogens (tertiary/aromatic N) is 1. The van der Waals surface area contributed by atoms with Crippen molar-refractivity contribution in [3.8, 4) is 0 Å². The smallest absolute Gasteiger partial charge is 0.352 e. The van der Waals surface area contributed by atoms with E-state index in [0.29, 0.717) is 11.1 Å². The first-order chi connectivity index (χ1) is 16.9. The fourth-order valence-electron chi connectivity index (χ4n) is 4.71. The molecule has 3 aliphatic rings. The minimum Gasteiger partial charge on any atom is -0.352 e. The second-order valence-electron chi connectivity index (χ2n) is 9.21. The second-order valence-corrected chi connectivity index (χ2v) is 9.21. The van der Waals surface area contributed by atoms with Crippen LogP contribution in [0.1, 0.15) is 54.3 Å². The first-order valence-corrected chi connectivity index (χ1v) is 11.7. The summed E-state index contributed by atoms with van der Waals surface area (Å²) in [5, 5.41) is 5.32. The lowest BCUT2D eigenvalue weighted by molar-refractivity contribution is -0.139. The van der Waals surface area contributed by atoms with Gasteiger partial charge < -0.3 is 20.4 Å². The highest BCUT2D eigenvalue weighted by Gasteiger charge is 2.41. The van der Waals surface area contributed by atoms with Crippen LogP contribution in [0.5, 0.6) is 0 Å². The molecule has 3 fully saturated rings. The number of benzene rings is 2. The fourth-order valence-corrected chi connectivity index (χ4v) is 4.71. The predicted octanol–water partition coefficient (Wildman–Crippen LogP) is 2.81. The molecular weight excluding hydrogens is 458 g/mol. The molecule has 1 unspecified atom stereocenters. The Morgan fingerprint density at radius 3 is 2.57 bits per heavy atom. The van der Waals surface area contributed by atoms with Gasteiger partial charge in [-0.15, -0.1) is 5.48 Å². The molecule has 0 bridgehead atoms. The van der Waals surface area contributed by atoms with Gasteiger partial charge in [-0.05, 0) is 41.5 Å². The highest BCUT2D eigenvalue weighted by molar-refractivity contribution is 5.89. The van der Waals surface area contributed by atoms with Crippen LogP contribution in [0.3, 0.4) is 0 Å². The van der Waals surface area contributed by atoms with Crippen molar-refractivity contribution in [2.45, 2.75) is 56.0 Å². The summed E-state index contributed by atoms with van der Waals surface area (Å²) in [6.07, 6.45) is -1.24. The number of likely N-dealkylation sites (tertiary alicyclic amines) is 1. The normalized spacial score (nSPS) is 24.6. The van der Waals surface area contributed by atoms with Crippen molar-refractivity contribution in [2.24, 2.45) is 0 Å². The number of carbonyl (C=O) groups excluding carboxylic acids is 3. The Bertz CT molecular complexity index is 1130. The van der Waals surface area contributed by atoms with E-state index in [1.165, 1.54) is 11.0 Å². The molecule has 1 saturated carbocycles. The van der Waals surface area contributed by atoms with Crippen LogP contribution in [-0.4, -0.2) is 47.7 Å². The standard InChI is InChI=1S/C25H26F2N4O4/c26-17-11-20(31(13-17)22(32)12-21-28-25(34)35-30-21)24(33)29-23(15-4-2-1-3-5-15)16-8-9-18(14-6-7-14)19(27)10-16/h1-5,8-10,14,17,20-21,23,30H,6-7,11-13H2,(H,28,34)(H,29,33)/t17-,20+,21?,23+/m1/s1. The summed E-state index contributed by atoms with van der Waals surface area (Å²) in [4.78, 5) is 43.1. The van der Waals surface area contributed by atoms with E-state index in [1.807, 2.05) is 30.3 Å². The summed E-state index contributed by atoms with van der Waals surface area (Å²) < 4.78 is 29.2. The molecule has 2 aliphatic heterocycles. The average molecular weight is 485 g/mol. The Morgan fingerprint density at radius 1 is 1.14 bits per heavy atom. The SMILES string of the molecule is O=C1NC(CC(=O)N2C[C@H](F)C[C@H]2C(=O)N[C@@H](c2ccccc2)c2ccc(C3CC3)c(F)c2)NO1. The van der Waals surface area contributed by atoms with Crippen LogP contribution in [-0.2, 0) is 14.4 Å². The summed E-state index contributed by atoms with van der Waals surface area (Å²) in [6.45, 7) is -0.223. The summed E-state index contributed by atoms with van der Waals surface area (Å²) in [6, 6.07) is 12.4. The number of amides is 3. The molecule has 1 aliphatic carbocycles. The van der Waals surface area contributed by atoms with Gasteiger partial charge in [-0.3, -0.25) is 9.59 Å². The lowest BCUT2D eigenvalue weighted by atomic mass is 9.96. The maximum atomic E-state index is 14.8. The van der Waals surface area contributed by atoms with Gasteiger partial charge in [0.15, 0.2) is 0 Å². The summed E-state index contributed by atoms with van der Waals surface area (Å²) in [5.74, 6) is -1.09. The summed E-state index contributed by atoms with van der Waals surface area (Å²) >= 11 is 0. The first kappa shape index (κ1) is 23.2. The minimum absolute atomic E-state index is 0.144.